The molecule has 0 aromatic carbocycles. The zero-order valence-electron chi connectivity index (χ0n) is 16.7. The molecule has 2 aliphatic carbocycles. The van der Waals surface area contributed by atoms with Gasteiger partial charge in [0, 0.05) is 0 Å². The summed E-state index contributed by atoms with van der Waals surface area (Å²) in [5.74, 6) is 4.16. The molecule has 2 nitrogen and oxygen atoms in total. The smallest absolute Gasteiger partial charge is 0.309 e. The van der Waals surface area contributed by atoms with Crippen LogP contribution in [0.1, 0.15) is 104 Å². The van der Waals surface area contributed by atoms with Crippen molar-refractivity contribution in [1.29, 1.82) is 0 Å². The van der Waals surface area contributed by atoms with Crippen molar-refractivity contribution in [3.05, 3.63) is 0 Å². The van der Waals surface area contributed by atoms with Crippen molar-refractivity contribution >= 4 is 5.97 Å². The maximum absolute atomic E-state index is 12.0. The fourth-order valence-corrected chi connectivity index (χ4v) is 5.50. The summed E-state index contributed by atoms with van der Waals surface area (Å²) in [7, 11) is 0. The van der Waals surface area contributed by atoms with Gasteiger partial charge in [0.25, 0.3) is 0 Å². The number of ether oxygens (including phenoxy) is 1. The number of esters is 1. The molecule has 2 atom stereocenters. The SMILES string of the molecule is CC1CCC(CCC2CCC(CCC3CCC(C)OC3=O)CC2)CC1. The van der Waals surface area contributed by atoms with E-state index >= 15 is 0 Å². The Kier molecular flexibility index (Phi) is 7.25. The van der Waals surface area contributed by atoms with Gasteiger partial charge in [-0.05, 0) is 56.3 Å². The van der Waals surface area contributed by atoms with Crippen LogP contribution in [0.5, 0.6) is 0 Å². The molecule has 1 saturated heterocycles. The van der Waals surface area contributed by atoms with Crippen LogP contribution in [0.4, 0.5) is 0 Å². The van der Waals surface area contributed by atoms with Crippen molar-refractivity contribution in [1.82, 2.24) is 0 Å². The van der Waals surface area contributed by atoms with Crippen LogP contribution in [0.3, 0.4) is 0 Å². The molecule has 0 amide bonds. The predicted molar refractivity (Wildman–Crippen MR) is 103 cm³/mol. The molecule has 144 valence electrons. The molecular weight excluding hydrogens is 308 g/mol. The van der Waals surface area contributed by atoms with Crippen LogP contribution in [-0.2, 0) is 9.53 Å². The summed E-state index contributed by atoms with van der Waals surface area (Å²) in [5, 5.41) is 0. The minimum atomic E-state index is 0.0780. The summed E-state index contributed by atoms with van der Waals surface area (Å²) in [4.78, 5) is 12.0. The highest BCUT2D eigenvalue weighted by Crippen LogP contribution is 2.38. The second-order valence-electron chi connectivity index (χ2n) is 9.69. The number of hydrogen-bond acceptors (Lipinski definition) is 2. The fraction of sp³-hybridized carbons (Fsp3) is 0.957. The van der Waals surface area contributed by atoms with E-state index in [1.807, 2.05) is 6.92 Å². The molecule has 0 aromatic rings. The van der Waals surface area contributed by atoms with Gasteiger partial charge in [-0.3, -0.25) is 4.79 Å². The second kappa shape index (κ2) is 9.42. The third-order valence-electron chi connectivity index (χ3n) is 7.58. The van der Waals surface area contributed by atoms with Crippen molar-refractivity contribution < 1.29 is 9.53 Å². The highest BCUT2D eigenvalue weighted by atomic mass is 16.5. The fourth-order valence-electron chi connectivity index (χ4n) is 5.50. The van der Waals surface area contributed by atoms with Crippen LogP contribution in [-0.4, -0.2) is 12.1 Å². The predicted octanol–water partition coefficient (Wildman–Crippen LogP) is 6.52. The van der Waals surface area contributed by atoms with E-state index in [1.165, 1.54) is 70.6 Å². The van der Waals surface area contributed by atoms with E-state index in [2.05, 4.69) is 6.92 Å². The van der Waals surface area contributed by atoms with E-state index in [-0.39, 0.29) is 18.0 Å². The molecule has 3 rings (SSSR count). The maximum Gasteiger partial charge on any atom is 0.309 e. The third kappa shape index (κ3) is 6.00. The lowest BCUT2D eigenvalue weighted by atomic mass is 9.74. The number of carbonyl (C=O) groups is 1. The zero-order chi connectivity index (χ0) is 17.6. The molecule has 2 heteroatoms. The highest BCUT2D eigenvalue weighted by Gasteiger charge is 2.29. The van der Waals surface area contributed by atoms with Crippen molar-refractivity contribution in [3.8, 4) is 0 Å². The summed E-state index contributed by atoms with van der Waals surface area (Å²) in [6, 6.07) is 0. The van der Waals surface area contributed by atoms with Crippen LogP contribution < -0.4 is 0 Å². The van der Waals surface area contributed by atoms with Crippen LogP contribution in [0.15, 0.2) is 0 Å². The van der Waals surface area contributed by atoms with Crippen LogP contribution in [0.2, 0.25) is 0 Å². The Morgan fingerprint density at radius 3 is 1.68 bits per heavy atom. The molecule has 0 bridgehead atoms. The van der Waals surface area contributed by atoms with Crippen LogP contribution in [0.25, 0.3) is 0 Å². The Bertz CT molecular complexity index is 402. The Morgan fingerprint density at radius 1 is 0.680 bits per heavy atom. The van der Waals surface area contributed by atoms with Crippen LogP contribution >= 0.6 is 0 Å². The molecule has 2 unspecified atom stereocenters. The topological polar surface area (TPSA) is 26.3 Å². The van der Waals surface area contributed by atoms with E-state index in [0.29, 0.717) is 0 Å². The zero-order valence-corrected chi connectivity index (χ0v) is 16.7. The van der Waals surface area contributed by atoms with E-state index in [0.717, 1.165) is 42.9 Å². The molecule has 1 aliphatic heterocycles. The Balaban J connectivity index is 1.28. The van der Waals surface area contributed by atoms with Gasteiger partial charge in [-0.25, -0.2) is 0 Å². The van der Waals surface area contributed by atoms with Gasteiger partial charge < -0.3 is 4.74 Å². The number of cyclic esters (lactones) is 1. The van der Waals surface area contributed by atoms with Gasteiger partial charge in [0.1, 0.15) is 0 Å². The van der Waals surface area contributed by atoms with Crippen molar-refractivity contribution in [2.45, 2.75) is 110 Å². The van der Waals surface area contributed by atoms with E-state index in [4.69, 9.17) is 4.74 Å². The normalized spacial score (nSPS) is 39.8. The van der Waals surface area contributed by atoms with Gasteiger partial charge in [0.15, 0.2) is 0 Å². The lowest BCUT2D eigenvalue weighted by Crippen LogP contribution is -2.29. The first-order valence-electron chi connectivity index (χ1n) is 11.3. The Labute approximate surface area is 155 Å². The second-order valence-corrected chi connectivity index (χ2v) is 9.69. The molecule has 0 spiro atoms. The average molecular weight is 349 g/mol. The average Bonchev–Trinajstić information content (AvgIpc) is 2.61. The summed E-state index contributed by atoms with van der Waals surface area (Å²) in [6.45, 7) is 4.44. The molecule has 0 aromatic heterocycles. The van der Waals surface area contributed by atoms with E-state index in [9.17, 15) is 4.79 Å². The van der Waals surface area contributed by atoms with E-state index in [1.54, 1.807) is 0 Å². The minimum Gasteiger partial charge on any atom is -0.462 e. The summed E-state index contributed by atoms with van der Waals surface area (Å²) in [6.07, 6.45) is 19.2. The van der Waals surface area contributed by atoms with Crippen molar-refractivity contribution in [2.24, 2.45) is 29.6 Å². The van der Waals surface area contributed by atoms with Gasteiger partial charge in [-0.1, -0.05) is 71.1 Å². The molecule has 3 aliphatic rings. The lowest BCUT2D eigenvalue weighted by molar-refractivity contribution is -0.159. The molecule has 1 heterocycles. The molecule has 0 N–H and O–H groups in total. The molecule has 25 heavy (non-hydrogen) atoms. The number of hydrogen-bond donors (Lipinski definition) is 0. The molecule has 0 radical (unpaired) electrons. The Hall–Kier alpha value is -0.530. The van der Waals surface area contributed by atoms with Gasteiger partial charge in [-0.2, -0.15) is 0 Å². The first kappa shape index (κ1) is 19.2. The van der Waals surface area contributed by atoms with Gasteiger partial charge in [0.05, 0.1) is 12.0 Å². The lowest BCUT2D eigenvalue weighted by Gasteiger charge is -2.32. The largest absolute Gasteiger partial charge is 0.462 e. The van der Waals surface area contributed by atoms with Crippen LogP contribution in [0, 0.1) is 29.6 Å². The molecule has 2 saturated carbocycles. The summed E-state index contributed by atoms with van der Waals surface area (Å²) < 4.78 is 5.41. The van der Waals surface area contributed by atoms with E-state index < -0.39 is 0 Å². The summed E-state index contributed by atoms with van der Waals surface area (Å²) in [5.41, 5.74) is 0. The van der Waals surface area contributed by atoms with Gasteiger partial charge in [0.2, 0.25) is 0 Å². The molecule has 3 fully saturated rings. The summed E-state index contributed by atoms with van der Waals surface area (Å²) >= 11 is 0. The Morgan fingerprint density at radius 2 is 1.16 bits per heavy atom. The number of rotatable bonds is 6. The highest BCUT2D eigenvalue weighted by molar-refractivity contribution is 5.73. The third-order valence-corrected chi connectivity index (χ3v) is 7.58. The minimum absolute atomic E-state index is 0.0780. The number of carbonyl (C=O) groups excluding carboxylic acids is 1. The quantitative estimate of drug-likeness (QED) is 0.511. The van der Waals surface area contributed by atoms with Crippen molar-refractivity contribution in [3.63, 3.8) is 0 Å². The van der Waals surface area contributed by atoms with Gasteiger partial charge >= 0.3 is 5.97 Å². The van der Waals surface area contributed by atoms with Crippen molar-refractivity contribution in [2.75, 3.05) is 0 Å². The van der Waals surface area contributed by atoms with Gasteiger partial charge in [-0.15, -0.1) is 0 Å². The first-order chi connectivity index (χ1) is 12.1. The molecular formula is C23H40O2. The first-order valence-corrected chi connectivity index (χ1v) is 11.3. The standard InChI is InChI=1S/C23H40O2/c1-17-3-6-19(7-4-17)8-9-20-10-12-21(13-11-20)14-16-22-15-5-18(2)25-23(22)24/h17-22H,3-16H2,1-2H3. The maximum atomic E-state index is 12.0. The monoisotopic (exact) mass is 348 g/mol.